The molecule has 3 N–H and O–H groups in total. The molecule has 0 atom stereocenters. The minimum Gasteiger partial charge on any atom is -0.505 e. The number of amides is 1. The van der Waals surface area contributed by atoms with Gasteiger partial charge in [0.25, 0.3) is 5.91 Å². The fraction of sp³-hybridized carbons (Fsp3) is 0. The highest BCUT2D eigenvalue weighted by atomic mass is 16.3. The fourth-order valence-corrected chi connectivity index (χ4v) is 3.18. The highest BCUT2D eigenvalue weighted by Crippen LogP contribution is 2.30. The molecule has 142 valence electrons. The molecule has 0 aliphatic carbocycles. The lowest BCUT2D eigenvalue weighted by atomic mass is 9.96. The van der Waals surface area contributed by atoms with E-state index in [-0.39, 0.29) is 28.7 Å². The van der Waals surface area contributed by atoms with E-state index in [1.165, 1.54) is 0 Å². The zero-order chi connectivity index (χ0) is 20.2. The molecule has 0 heterocycles. The van der Waals surface area contributed by atoms with Crippen LogP contribution in [0.15, 0.2) is 91.0 Å². The largest absolute Gasteiger partial charge is 0.505 e. The van der Waals surface area contributed by atoms with E-state index in [9.17, 15) is 14.7 Å². The first kappa shape index (κ1) is 18.3. The van der Waals surface area contributed by atoms with E-state index in [0.717, 1.165) is 10.8 Å². The summed E-state index contributed by atoms with van der Waals surface area (Å²) in [4.78, 5) is 25.3. The molecule has 1 amide bonds. The summed E-state index contributed by atoms with van der Waals surface area (Å²) in [6.45, 7) is 0. The zero-order valence-corrected chi connectivity index (χ0v) is 15.4. The number of rotatable bonds is 5. The van der Waals surface area contributed by atoms with Crippen LogP contribution >= 0.6 is 0 Å². The number of hydrogen-bond donors (Lipinski definition) is 3. The quantitative estimate of drug-likeness (QED) is 0.269. The van der Waals surface area contributed by atoms with Crippen molar-refractivity contribution in [3.05, 3.63) is 108 Å². The highest BCUT2D eigenvalue weighted by Gasteiger charge is 2.18. The molecular formula is C24H18N2O3. The van der Waals surface area contributed by atoms with Crippen LogP contribution < -0.4 is 10.9 Å². The van der Waals surface area contributed by atoms with Gasteiger partial charge in [-0.15, -0.1) is 0 Å². The number of para-hydroxylation sites is 1. The van der Waals surface area contributed by atoms with Crippen LogP contribution in [0.1, 0.15) is 26.3 Å². The Bertz CT molecular complexity index is 1200. The molecule has 0 spiro atoms. The summed E-state index contributed by atoms with van der Waals surface area (Å²) >= 11 is 0. The Kier molecular flexibility index (Phi) is 4.95. The lowest BCUT2D eigenvalue weighted by Gasteiger charge is -2.13. The summed E-state index contributed by atoms with van der Waals surface area (Å²) in [6.07, 6.45) is 0. The molecule has 0 saturated carbocycles. The van der Waals surface area contributed by atoms with E-state index in [1.807, 2.05) is 42.5 Å². The number of anilines is 1. The van der Waals surface area contributed by atoms with Crippen molar-refractivity contribution in [2.75, 3.05) is 5.43 Å². The van der Waals surface area contributed by atoms with Crippen molar-refractivity contribution in [3.63, 3.8) is 0 Å². The van der Waals surface area contributed by atoms with Gasteiger partial charge in [0, 0.05) is 11.1 Å². The third-order valence-corrected chi connectivity index (χ3v) is 4.66. The van der Waals surface area contributed by atoms with Crippen molar-refractivity contribution in [1.29, 1.82) is 0 Å². The molecule has 0 fully saturated rings. The van der Waals surface area contributed by atoms with Gasteiger partial charge in [0.15, 0.2) is 11.5 Å². The Morgan fingerprint density at radius 1 is 0.690 bits per heavy atom. The molecule has 5 heteroatoms. The number of carbonyl (C=O) groups is 2. The number of nitrogens with one attached hydrogen (secondary N) is 2. The van der Waals surface area contributed by atoms with Crippen LogP contribution in [0.2, 0.25) is 0 Å². The summed E-state index contributed by atoms with van der Waals surface area (Å²) in [6, 6.07) is 26.6. The Morgan fingerprint density at radius 2 is 1.34 bits per heavy atom. The summed E-state index contributed by atoms with van der Waals surface area (Å²) in [5.41, 5.74) is 6.59. The van der Waals surface area contributed by atoms with E-state index >= 15 is 0 Å². The van der Waals surface area contributed by atoms with Crippen molar-refractivity contribution >= 4 is 28.2 Å². The molecule has 4 aromatic rings. The normalized spacial score (nSPS) is 10.5. The average molecular weight is 382 g/mol. The maximum Gasteiger partial charge on any atom is 0.269 e. The Labute approximate surface area is 167 Å². The maximum atomic E-state index is 13.1. The molecule has 0 bridgehead atoms. The summed E-state index contributed by atoms with van der Waals surface area (Å²) in [7, 11) is 0. The summed E-state index contributed by atoms with van der Waals surface area (Å²) in [5, 5.41) is 12.4. The minimum atomic E-state index is -0.351. The van der Waals surface area contributed by atoms with Crippen LogP contribution in [-0.4, -0.2) is 16.8 Å². The molecular weight excluding hydrogens is 364 g/mol. The molecule has 29 heavy (non-hydrogen) atoms. The van der Waals surface area contributed by atoms with E-state index in [1.54, 1.807) is 48.5 Å². The van der Waals surface area contributed by atoms with Gasteiger partial charge in [-0.3, -0.25) is 20.4 Å². The zero-order valence-electron chi connectivity index (χ0n) is 15.4. The number of phenols is 1. The number of benzene rings is 4. The van der Waals surface area contributed by atoms with E-state index in [2.05, 4.69) is 10.9 Å². The number of hydrogen-bond acceptors (Lipinski definition) is 4. The van der Waals surface area contributed by atoms with Gasteiger partial charge in [0.05, 0.1) is 11.3 Å². The first-order valence-corrected chi connectivity index (χ1v) is 9.11. The van der Waals surface area contributed by atoms with Gasteiger partial charge in [-0.05, 0) is 35.0 Å². The lowest BCUT2D eigenvalue weighted by Crippen LogP contribution is -2.29. The van der Waals surface area contributed by atoms with Crippen molar-refractivity contribution < 1.29 is 14.7 Å². The number of hydrazine groups is 1. The predicted molar refractivity (Wildman–Crippen MR) is 113 cm³/mol. The molecule has 5 nitrogen and oxygen atoms in total. The van der Waals surface area contributed by atoms with E-state index in [0.29, 0.717) is 11.1 Å². The molecule has 0 aliphatic heterocycles. The molecule has 0 radical (unpaired) electrons. The Morgan fingerprint density at radius 3 is 2.17 bits per heavy atom. The van der Waals surface area contributed by atoms with Gasteiger partial charge in [-0.1, -0.05) is 66.7 Å². The molecule has 4 aromatic carbocycles. The SMILES string of the molecule is O=C(NNc1cccc(C(=O)c2cccc3ccccc23)c1O)c1ccccc1. The van der Waals surface area contributed by atoms with Crippen molar-refractivity contribution in [2.24, 2.45) is 0 Å². The van der Waals surface area contributed by atoms with Gasteiger partial charge in [0.1, 0.15) is 0 Å². The number of aromatic hydroxyl groups is 1. The third-order valence-electron chi connectivity index (χ3n) is 4.66. The monoisotopic (exact) mass is 382 g/mol. The van der Waals surface area contributed by atoms with Gasteiger partial charge in [0.2, 0.25) is 0 Å². The third kappa shape index (κ3) is 3.66. The second-order valence-electron chi connectivity index (χ2n) is 6.50. The first-order valence-electron chi connectivity index (χ1n) is 9.11. The Hall–Kier alpha value is -4.12. The lowest BCUT2D eigenvalue weighted by molar-refractivity contribution is 0.0962. The standard InChI is InChI=1S/C24H18N2O3/c27-22(19-13-6-11-16-8-4-5-12-18(16)19)20-14-7-15-21(23(20)28)25-26-24(29)17-9-2-1-3-10-17/h1-15,25,28H,(H,26,29). The predicted octanol–water partition coefficient (Wildman–Crippen LogP) is 4.53. The van der Waals surface area contributed by atoms with E-state index < -0.39 is 0 Å². The second-order valence-corrected chi connectivity index (χ2v) is 6.50. The molecule has 0 aliphatic rings. The molecule has 4 rings (SSSR count). The smallest absolute Gasteiger partial charge is 0.269 e. The highest BCUT2D eigenvalue weighted by molar-refractivity contribution is 6.18. The molecule has 0 unspecified atom stereocenters. The molecule has 0 aromatic heterocycles. The van der Waals surface area contributed by atoms with Crippen molar-refractivity contribution in [1.82, 2.24) is 5.43 Å². The van der Waals surface area contributed by atoms with Gasteiger partial charge in [-0.25, -0.2) is 0 Å². The van der Waals surface area contributed by atoms with Crippen LogP contribution in [0.5, 0.6) is 5.75 Å². The van der Waals surface area contributed by atoms with Gasteiger partial charge in [-0.2, -0.15) is 0 Å². The van der Waals surface area contributed by atoms with Crippen LogP contribution in [0, 0.1) is 0 Å². The average Bonchev–Trinajstić information content (AvgIpc) is 2.78. The van der Waals surface area contributed by atoms with Gasteiger partial charge < -0.3 is 5.11 Å². The molecule has 0 saturated heterocycles. The van der Waals surface area contributed by atoms with Crippen LogP contribution in [-0.2, 0) is 0 Å². The number of fused-ring (bicyclic) bond motifs is 1. The van der Waals surface area contributed by atoms with Crippen molar-refractivity contribution in [2.45, 2.75) is 0 Å². The van der Waals surface area contributed by atoms with Crippen LogP contribution in [0.25, 0.3) is 10.8 Å². The summed E-state index contributed by atoms with van der Waals surface area (Å²) in [5.74, 6) is -0.869. The number of phenolic OH excluding ortho intramolecular Hbond substituents is 1. The fourth-order valence-electron chi connectivity index (χ4n) is 3.18. The van der Waals surface area contributed by atoms with Gasteiger partial charge >= 0.3 is 0 Å². The Balaban J connectivity index is 1.61. The number of carbonyl (C=O) groups excluding carboxylic acids is 2. The van der Waals surface area contributed by atoms with Crippen LogP contribution in [0.3, 0.4) is 0 Å². The number of ketones is 1. The second kappa shape index (κ2) is 7.86. The first-order chi connectivity index (χ1) is 14.1. The van der Waals surface area contributed by atoms with Crippen LogP contribution in [0.4, 0.5) is 5.69 Å². The van der Waals surface area contributed by atoms with E-state index in [4.69, 9.17) is 0 Å². The maximum absolute atomic E-state index is 13.1. The minimum absolute atomic E-state index is 0.153. The topological polar surface area (TPSA) is 78.4 Å². The van der Waals surface area contributed by atoms with Crippen molar-refractivity contribution in [3.8, 4) is 5.75 Å². The summed E-state index contributed by atoms with van der Waals surface area (Å²) < 4.78 is 0.